The molecule has 0 saturated carbocycles. The van der Waals surface area contributed by atoms with Crippen LogP contribution in [0.1, 0.15) is 29.4 Å². The highest BCUT2D eigenvalue weighted by Crippen LogP contribution is 2.36. The summed E-state index contributed by atoms with van der Waals surface area (Å²) < 4.78 is 17.4. The molecule has 4 rings (SSSR count). The van der Waals surface area contributed by atoms with Crippen LogP contribution in [0, 0.1) is 12.7 Å². The zero-order valence-corrected chi connectivity index (χ0v) is 17.3. The van der Waals surface area contributed by atoms with Crippen molar-refractivity contribution in [3.63, 3.8) is 0 Å². The quantitative estimate of drug-likeness (QED) is 0.405. The number of nitrogens with zero attached hydrogens (tertiary/aromatic N) is 1. The maximum Gasteiger partial charge on any atom is 0.258 e. The Balaban J connectivity index is 0.000000261. The summed E-state index contributed by atoms with van der Waals surface area (Å²) in [6, 6.07) is 15.0. The van der Waals surface area contributed by atoms with E-state index in [4.69, 9.17) is 21.8 Å². The SMILES string of the molecule is CC.Cc1nc2cc(Cl)c(-c3ccc(C(N)=O)s3)cc2o1.Fc1ccccc1. The number of carbonyl (C=O) groups is 1. The van der Waals surface area contributed by atoms with Crippen LogP contribution < -0.4 is 5.73 Å². The second-order valence-corrected chi connectivity index (χ2v) is 6.85. The van der Waals surface area contributed by atoms with Gasteiger partial charge in [0.05, 0.1) is 9.90 Å². The minimum atomic E-state index is -0.441. The van der Waals surface area contributed by atoms with Crippen LogP contribution in [0.2, 0.25) is 5.02 Å². The average molecular weight is 419 g/mol. The van der Waals surface area contributed by atoms with Crippen molar-refractivity contribution in [3.8, 4) is 10.4 Å². The molecule has 0 bridgehead atoms. The molecular weight excluding hydrogens is 399 g/mol. The lowest BCUT2D eigenvalue weighted by Crippen LogP contribution is -2.07. The fraction of sp³-hybridized carbons (Fsp3) is 0.143. The lowest BCUT2D eigenvalue weighted by atomic mass is 10.1. The van der Waals surface area contributed by atoms with Gasteiger partial charge in [-0.3, -0.25) is 4.79 Å². The summed E-state index contributed by atoms with van der Waals surface area (Å²) in [4.78, 5) is 16.7. The van der Waals surface area contributed by atoms with Gasteiger partial charge in [0, 0.05) is 17.4 Å². The van der Waals surface area contributed by atoms with E-state index in [0.29, 0.717) is 21.4 Å². The van der Waals surface area contributed by atoms with Crippen molar-refractivity contribution in [2.75, 3.05) is 0 Å². The Hall–Kier alpha value is -2.70. The number of amides is 1. The van der Waals surface area contributed by atoms with E-state index in [1.807, 2.05) is 26.0 Å². The van der Waals surface area contributed by atoms with E-state index in [1.165, 1.54) is 23.5 Å². The third-order valence-corrected chi connectivity index (χ3v) is 4.88. The van der Waals surface area contributed by atoms with Crippen molar-refractivity contribution in [1.82, 2.24) is 4.98 Å². The number of benzene rings is 2. The maximum atomic E-state index is 11.9. The number of halogens is 2. The van der Waals surface area contributed by atoms with Gasteiger partial charge in [0.15, 0.2) is 11.5 Å². The first-order valence-corrected chi connectivity index (χ1v) is 9.81. The van der Waals surface area contributed by atoms with Gasteiger partial charge in [-0.25, -0.2) is 9.37 Å². The van der Waals surface area contributed by atoms with Gasteiger partial charge in [-0.15, -0.1) is 11.3 Å². The molecule has 28 heavy (non-hydrogen) atoms. The second kappa shape index (κ2) is 10.0. The molecule has 146 valence electrons. The van der Waals surface area contributed by atoms with Crippen molar-refractivity contribution >= 4 is 39.9 Å². The Morgan fingerprint density at radius 2 is 1.82 bits per heavy atom. The Morgan fingerprint density at radius 3 is 2.36 bits per heavy atom. The van der Waals surface area contributed by atoms with Gasteiger partial charge in [0.25, 0.3) is 5.91 Å². The first-order chi connectivity index (χ1) is 13.4. The van der Waals surface area contributed by atoms with Gasteiger partial charge < -0.3 is 10.2 Å². The number of hydrogen-bond acceptors (Lipinski definition) is 4. The number of nitrogens with two attached hydrogens (primary N) is 1. The molecule has 0 aliphatic heterocycles. The summed E-state index contributed by atoms with van der Waals surface area (Å²) in [5.41, 5.74) is 7.45. The van der Waals surface area contributed by atoms with Crippen LogP contribution in [-0.2, 0) is 0 Å². The topological polar surface area (TPSA) is 69.1 Å². The van der Waals surface area contributed by atoms with Gasteiger partial charge in [-0.05, 0) is 36.4 Å². The third kappa shape index (κ3) is 5.41. The smallest absolute Gasteiger partial charge is 0.258 e. The minimum absolute atomic E-state index is 0.178. The Bertz CT molecular complexity index is 1060. The van der Waals surface area contributed by atoms with Crippen molar-refractivity contribution in [2.45, 2.75) is 20.8 Å². The van der Waals surface area contributed by atoms with Crippen LogP contribution in [0.3, 0.4) is 0 Å². The molecule has 0 spiro atoms. The number of primary amides is 1. The molecule has 0 saturated heterocycles. The highest BCUT2D eigenvalue weighted by atomic mass is 35.5. The van der Waals surface area contributed by atoms with Crippen LogP contribution in [0.4, 0.5) is 4.39 Å². The Kier molecular flexibility index (Phi) is 7.72. The van der Waals surface area contributed by atoms with Gasteiger partial charge in [-0.1, -0.05) is 43.6 Å². The summed E-state index contributed by atoms with van der Waals surface area (Å²) in [7, 11) is 0. The molecule has 1 amide bonds. The fourth-order valence-electron chi connectivity index (χ4n) is 2.28. The number of thiophene rings is 1. The number of rotatable bonds is 2. The highest BCUT2D eigenvalue weighted by Gasteiger charge is 2.13. The predicted octanol–water partition coefficient (Wildman–Crippen LogP) is 6.47. The number of aromatic nitrogens is 1. The van der Waals surface area contributed by atoms with Crippen LogP contribution in [0.15, 0.2) is 59.0 Å². The summed E-state index contributed by atoms with van der Waals surface area (Å²) in [6.45, 7) is 5.78. The van der Waals surface area contributed by atoms with Crippen LogP contribution >= 0.6 is 22.9 Å². The van der Waals surface area contributed by atoms with Gasteiger partial charge in [0.1, 0.15) is 11.3 Å². The van der Waals surface area contributed by atoms with E-state index in [9.17, 15) is 9.18 Å². The van der Waals surface area contributed by atoms with Crippen LogP contribution in [0.5, 0.6) is 0 Å². The zero-order valence-electron chi connectivity index (χ0n) is 15.7. The van der Waals surface area contributed by atoms with Crippen molar-refractivity contribution in [1.29, 1.82) is 0 Å². The monoisotopic (exact) mass is 418 g/mol. The van der Waals surface area contributed by atoms with E-state index in [2.05, 4.69) is 4.98 Å². The fourth-order valence-corrected chi connectivity index (χ4v) is 3.49. The number of carbonyl (C=O) groups excluding carboxylic acids is 1. The molecule has 0 aliphatic carbocycles. The number of oxazole rings is 1. The van der Waals surface area contributed by atoms with E-state index in [-0.39, 0.29) is 5.82 Å². The lowest BCUT2D eigenvalue weighted by molar-refractivity contribution is 0.100. The molecule has 0 radical (unpaired) electrons. The second-order valence-electron chi connectivity index (χ2n) is 5.36. The molecule has 2 heterocycles. The first-order valence-electron chi connectivity index (χ1n) is 8.61. The van der Waals surface area contributed by atoms with Gasteiger partial charge in [0.2, 0.25) is 0 Å². The predicted molar refractivity (Wildman–Crippen MR) is 113 cm³/mol. The molecule has 7 heteroatoms. The normalized spacial score (nSPS) is 9.89. The minimum Gasteiger partial charge on any atom is -0.441 e. The summed E-state index contributed by atoms with van der Waals surface area (Å²) in [5, 5.41) is 0.568. The Morgan fingerprint density at radius 1 is 1.14 bits per heavy atom. The molecule has 2 N–H and O–H groups in total. The van der Waals surface area contributed by atoms with E-state index in [1.54, 1.807) is 37.3 Å². The van der Waals surface area contributed by atoms with E-state index in [0.717, 1.165) is 16.0 Å². The van der Waals surface area contributed by atoms with E-state index >= 15 is 0 Å². The van der Waals surface area contributed by atoms with Crippen molar-refractivity contribution in [2.24, 2.45) is 5.73 Å². The van der Waals surface area contributed by atoms with Crippen molar-refractivity contribution < 1.29 is 13.6 Å². The summed E-state index contributed by atoms with van der Waals surface area (Å²) >= 11 is 7.55. The van der Waals surface area contributed by atoms with Gasteiger partial charge in [-0.2, -0.15) is 0 Å². The first kappa shape index (κ1) is 21.6. The largest absolute Gasteiger partial charge is 0.441 e. The number of aryl methyl sites for hydroxylation is 1. The lowest BCUT2D eigenvalue weighted by Gasteiger charge is -2.00. The molecule has 0 fully saturated rings. The summed E-state index contributed by atoms with van der Waals surface area (Å²) in [6.07, 6.45) is 0. The molecule has 4 nitrogen and oxygen atoms in total. The number of hydrogen-bond donors (Lipinski definition) is 1. The zero-order chi connectivity index (χ0) is 20.7. The number of fused-ring (bicyclic) bond motifs is 1. The molecule has 0 unspecified atom stereocenters. The molecule has 2 aromatic carbocycles. The van der Waals surface area contributed by atoms with Gasteiger partial charge >= 0.3 is 0 Å². The maximum absolute atomic E-state index is 11.9. The molecular formula is C21H20ClFN2O2S. The molecule has 2 aromatic heterocycles. The standard InChI is InChI=1S/C13H9ClN2O2S.C6H5F.C2H6/c1-6-16-9-5-8(14)7(4-10(9)18-6)11-2-3-12(19-11)13(15)17;7-6-4-2-1-3-5-6;1-2/h2-5H,1H3,(H2,15,17);1-5H;1-2H3. The average Bonchev–Trinajstić information content (AvgIpc) is 3.30. The third-order valence-electron chi connectivity index (χ3n) is 3.43. The van der Waals surface area contributed by atoms with E-state index < -0.39 is 5.91 Å². The van der Waals surface area contributed by atoms with Crippen LogP contribution in [0.25, 0.3) is 21.5 Å². The highest BCUT2D eigenvalue weighted by molar-refractivity contribution is 7.17. The Labute approximate surface area is 171 Å². The molecule has 0 aliphatic rings. The summed E-state index contributed by atoms with van der Waals surface area (Å²) in [5.74, 6) is -0.0290. The molecule has 4 aromatic rings. The molecule has 0 atom stereocenters. The van der Waals surface area contributed by atoms with Crippen molar-refractivity contribution in [3.05, 3.63) is 76.2 Å². The van der Waals surface area contributed by atoms with Crippen LogP contribution in [-0.4, -0.2) is 10.9 Å².